The second-order valence-electron chi connectivity index (χ2n) is 4.97. The summed E-state index contributed by atoms with van der Waals surface area (Å²) >= 11 is 0. The smallest absolute Gasteiger partial charge is 0.148 e. The maximum Gasteiger partial charge on any atom is 0.148 e. The Morgan fingerprint density at radius 2 is 1.95 bits per heavy atom. The standard InChI is InChI=1S/C14H20N6/c1-10(2)12-13(19-15)17-9-18-14(12)20(3)8-11-4-6-16-7-5-11/h4-7,9-10H,8,15H2,1-3H3,(H,17,18,19). The molecule has 0 aliphatic rings. The van der Waals surface area contributed by atoms with Gasteiger partial charge < -0.3 is 10.3 Å². The molecular weight excluding hydrogens is 252 g/mol. The van der Waals surface area contributed by atoms with Crippen LogP contribution in [0.3, 0.4) is 0 Å². The van der Waals surface area contributed by atoms with Crippen molar-refractivity contribution in [3.63, 3.8) is 0 Å². The first-order valence-electron chi connectivity index (χ1n) is 6.55. The molecule has 0 amide bonds. The predicted octanol–water partition coefficient (Wildman–Crippen LogP) is 1.92. The van der Waals surface area contributed by atoms with Crippen LogP contribution in [0.2, 0.25) is 0 Å². The summed E-state index contributed by atoms with van der Waals surface area (Å²) in [7, 11) is 2.01. The quantitative estimate of drug-likeness (QED) is 0.639. The van der Waals surface area contributed by atoms with Crippen molar-refractivity contribution in [3.05, 3.63) is 42.0 Å². The lowest BCUT2D eigenvalue weighted by atomic mass is 10.0. The molecule has 3 N–H and O–H groups in total. The molecule has 6 heteroatoms. The predicted molar refractivity (Wildman–Crippen MR) is 80.3 cm³/mol. The summed E-state index contributed by atoms with van der Waals surface area (Å²) in [6, 6.07) is 3.99. The molecule has 2 aromatic heterocycles. The largest absolute Gasteiger partial charge is 0.355 e. The van der Waals surface area contributed by atoms with Crippen LogP contribution in [0.25, 0.3) is 0 Å². The van der Waals surface area contributed by atoms with Crippen molar-refractivity contribution in [2.75, 3.05) is 17.4 Å². The van der Waals surface area contributed by atoms with Crippen LogP contribution in [0.4, 0.5) is 11.6 Å². The minimum atomic E-state index is 0.275. The van der Waals surface area contributed by atoms with Gasteiger partial charge in [-0.1, -0.05) is 13.8 Å². The lowest BCUT2D eigenvalue weighted by molar-refractivity contribution is 0.808. The Morgan fingerprint density at radius 1 is 1.25 bits per heavy atom. The number of hydrazine groups is 1. The zero-order valence-electron chi connectivity index (χ0n) is 12.0. The molecule has 2 heterocycles. The van der Waals surface area contributed by atoms with E-state index >= 15 is 0 Å². The van der Waals surface area contributed by atoms with Crippen LogP contribution in [0.5, 0.6) is 0 Å². The van der Waals surface area contributed by atoms with Crippen molar-refractivity contribution in [1.82, 2.24) is 15.0 Å². The van der Waals surface area contributed by atoms with Crippen molar-refractivity contribution in [2.45, 2.75) is 26.3 Å². The van der Waals surface area contributed by atoms with Crippen molar-refractivity contribution in [1.29, 1.82) is 0 Å². The van der Waals surface area contributed by atoms with Crippen molar-refractivity contribution >= 4 is 11.6 Å². The maximum absolute atomic E-state index is 5.54. The van der Waals surface area contributed by atoms with Gasteiger partial charge in [0.2, 0.25) is 0 Å². The van der Waals surface area contributed by atoms with E-state index < -0.39 is 0 Å². The summed E-state index contributed by atoms with van der Waals surface area (Å²) in [6.07, 6.45) is 5.11. The molecule has 0 spiro atoms. The maximum atomic E-state index is 5.54. The summed E-state index contributed by atoms with van der Waals surface area (Å²) in [6.45, 7) is 4.95. The second-order valence-corrected chi connectivity index (χ2v) is 4.97. The molecule has 0 aliphatic carbocycles. The number of rotatable bonds is 5. The molecular formula is C14H20N6. The monoisotopic (exact) mass is 272 g/mol. The highest BCUT2D eigenvalue weighted by Gasteiger charge is 2.17. The third kappa shape index (κ3) is 3.03. The SMILES string of the molecule is CC(C)c1c(NN)ncnc1N(C)Cc1ccncc1. The summed E-state index contributed by atoms with van der Waals surface area (Å²) in [5.41, 5.74) is 4.85. The van der Waals surface area contributed by atoms with Crippen molar-refractivity contribution in [2.24, 2.45) is 5.84 Å². The molecule has 0 unspecified atom stereocenters. The fourth-order valence-corrected chi connectivity index (χ4v) is 2.17. The Kier molecular flexibility index (Phi) is 4.47. The van der Waals surface area contributed by atoms with Crippen LogP contribution >= 0.6 is 0 Å². The molecule has 0 aliphatic heterocycles. The van der Waals surface area contributed by atoms with Gasteiger partial charge in [0.05, 0.1) is 0 Å². The topological polar surface area (TPSA) is 80.0 Å². The fourth-order valence-electron chi connectivity index (χ4n) is 2.17. The van der Waals surface area contributed by atoms with E-state index in [0.717, 1.165) is 17.9 Å². The number of hydrogen-bond acceptors (Lipinski definition) is 6. The molecule has 6 nitrogen and oxygen atoms in total. The van der Waals surface area contributed by atoms with Crippen molar-refractivity contribution in [3.8, 4) is 0 Å². The number of pyridine rings is 1. The number of aromatic nitrogens is 3. The van der Waals surface area contributed by atoms with E-state index in [2.05, 4.69) is 39.1 Å². The average molecular weight is 272 g/mol. The Bertz CT molecular complexity index is 555. The first-order chi connectivity index (χ1) is 9.63. The number of nitrogens with zero attached hydrogens (tertiary/aromatic N) is 4. The van der Waals surface area contributed by atoms with E-state index in [-0.39, 0.29) is 5.92 Å². The summed E-state index contributed by atoms with van der Waals surface area (Å²) < 4.78 is 0. The van der Waals surface area contributed by atoms with E-state index in [1.165, 1.54) is 11.9 Å². The summed E-state index contributed by atoms with van der Waals surface area (Å²) in [5, 5.41) is 0. The number of nitrogen functional groups attached to an aromatic ring is 1. The number of nitrogens with two attached hydrogens (primary N) is 1. The van der Waals surface area contributed by atoms with Crippen LogP contribution < -0.4 is 16.2 Å². The van der Waals surface area contributed by atoms with Gasteiger partial charge in [-0.25, -0.2) is 15.8 Å². The lowest BCUT2D eigenvalue weighted by Crippen LogP contribution is -2.22. The molecule has 0 saturated heterocycles. The molecule has 106 valence electrons. The summed E-state index contributed by atoms with van der Waals surface area (Å²) in [4.78, 5) is 14.7. The molecule has 20 heavy (non-hydrogen) atoms. The molecule has 0 saturated carbocycles. The zero-order valence-corrected chi connectivity index (χ0v) is 12.0. The van der Waals surface area contributed by atoms with E-state index in [1.54, 1.807) is 12.4 Å². The Morgan fingerprint density at radius 3 is 2.55 bits per heavy atom. The van der Waals surface area contributed by atoms with E-state index in [9.17, 15) is 0 Å². The van der Waals surface area contributed by atoms with Crippen LogP contribution in [-0.4, -0.2) is 22.0 Å². The zero-order chi connectivity index (χ0) is 14.5. The van der Waals surface area contributed by atoms with Gasteiger partial charge in [-0.15, -0.1) is 0 Å². The van der Waals surface area contributed by atoms with Gasteiger partial charge in [0.25, 0.3) is 0 Å². The molecule has 0 fully saturated rings. The molecule has 0 atom stereocenters. The highest BCUT2D eigenvalue weighted by Crippen LogP contribution is 2.30. The Labute approximate surface area is 119 Å². The van der Waals surface area contributed by atoms with Crippen LogP contribution in [0, 0.1) is 0 Å². The van der Waals surface area contributed by atoms with Crippen LogP contribution in [-0.2, 0) is 6.54 Å². The Balaban J connectivity index is 2.32. The lowest BCUT2D eigenvalue weighted by Gasteiger charge is -2.24. The van der Waals surface area contributed by atoms with Gasteiger partial charge in [-0.05, 0) is 23.6 Å². The first-order valence-corrected chi connectivity index (χ1v) is 6.55. The molecule has 2 aromatic rings. The van der Waals surface area contributed by atoms with Gasteiger partial charge in [-0.3, -0.25) is 4.98 Å². The highest BCUT2D eigenvalue weighted by molar-refractivity contribution is 5.59. The molecule has 0 aromatic carbocycles. The number of anilines is 2. The number of hydrogen-bond donors (Lipinski definition) is 2. The minimum absolute atomic E-state index is 0.275. The first kappa shape index (κ1) is 14.2. The van der Waals surface area contributed by atoms with Crippen LogP contribution in [0.15, 0.2) is 30.9 Å². The van der Waals surface area contributed by atoms with Crippen molar-refractivity contribution < 1.29 is 0 Å². The minimum Gasteiger partial charge on any atom is -0.355 e. The molecule has 0 bridgehead atoms. The molecule has 0 radical (unpaired) electrons. The normalized spacial score (nSPS) is 10.7. The van der Waals surface area contributed by atoms with Gasteiger partial charge in [0, 0.05) is 31.5 Å². The number of nitrogens with one attached hydrogen (secondary N) is 1. The van der Waals surface area contributed by atoms with Gasteiger partial charge in [0.15, 0.2) is 0 Å². The van der Waals surface area contributed by atoms with Gasteiger partial charge >= 0.3 is 0 Å². The highest BCUT2D eigenvalue weighted by atomic mass is 15.3. The summed E-state index contributed by atoms with van der Waals surface area (Å²) in [5.74, 6) is 7.38. The average Bonchev–Trinajstić information content (AvgIpc) is 2.47. The van der Waals surface area contributed by atoms with Crippen LogP contribution in [0.1, 0.15) is 30.9 Å². The van der Waals surface area contributed by atoms with Gasteiger partial charge in [-0.2, -0.15) is 0 Å². The second kappa shape index (κ2) is 6.29. The van der Waals surface area contributed by atoms with E-state index in [4.69, 9.17) is 5.84 Å². The van der Waals surface area contributed by atoms with E-state index in [1.807, 2.05) is 19.2 Å². The van der Waals surface area contributed by atoms with Gasteiger partial charge in [0.1, 0.15) is 18.0 Å². The third-order valence-electron chi connectivity index (χ3n) is 3.11. The Hall–Kier alpha value is -2.21. The molecule has 2 rings (SSSR count). The third-order valence-corrected chi connectivity index (χ3v) is 3.11. The fraction of sp³-hybridized carbons (Fsp3) is 0.357. The van der Waals surface area contributed by atoms with E-state index in [0.29, 0.717) is 5.82 Å².